The van der Waals surface area contributed by atoms with Gasteiger partial charge in [0.1, 0.15) is 6.54 Å². The first-order valence-electron chi connectivity index (χ1n) is 10.1. The number of benzene rings is 3. The van der Waals surface area contributed by atoms with Crippen molar-refractivity contribution in [3.8, 4) is 0 Å². The summed E-state index contributed by atoms with van der Waals surface area (Å²) in [6.45, 7) is -0.776. The molecule has 0 unspecified atom stereocenters. The lowest BCUT2D eigenvalue weighted by molar-refractivity contribution is -0.137. The normalized spacial score (nSPS) is 12.0. The minimum atomic E-state index is -4.70. The second-order valence-corrected chi connectivity index (χ2v) is 10.4. The van der Waals surface area contributed by atoms with Gasteiger partial charge in [0.2, 0.25) is 5.91 Å². The molecular weight excluding hydrogens is 503 g/mol. The molecule has 1 amide bonds. The maximum absolute atomic E-state index is 13.3. The smallest absolute Gasteiger partial charge is 0.324 e. The molecule has 4 rings (SSSR count). The average Bonchev–Trinajstić information content (AvgIpc) is 3.10. The Morgan fingerprint density at radius 3 is 2.43 bits per heavy atom. The Balaban J connectivity index is 1.69. The van der Waals surface area contributed by atoms with Gasteiger partial charge < -0.3 is 9.88 Å². The maximum Gasteiger partial charge on any atom is 0.416 e. The van der Waals surface area contributed by atoms with Crippen LogP contribution in [-0.4, -0.2) is 25.4 Å². The van der Waals surface area contributed by atoms with Gasteiger partial charge in [0.05, 0.1) is 26.4 Å². The molecule has 0 fully saturated rings. The molecule has 0 aliphatic rings. The van der Waals surface area contributed by atoms with Crippen molar-refractivity contribution in [1.29, 1.82) is 0 Å². The largest absolute Gasteiger partial charge is 0.416 e. The van der Waals surface area contributed by atoms with E-state index in [9.17, 15) is 31.2 Å². The number of carbonyl (C=O) groups is 1. The number of hydrogen-bond acceptors (Lipinski definition) is 5. The van der Waals surface area contributed by atoms with Crippen LogP contribution in [0.4, 0.5) is 24.5 Å². The molecule has 12 heteroatoms. The molecule has 0 atom stereocenters. The van der Waals surface area contributed by atoms with Crippen LogP contribution in [0.1, 0.15) is 5.56 Å². The number of thiazole rings is 1. The first kappa shape index (κ1) is 24.5. The third-order valence-electron chi connectivity index (χ3n) is 5.16. The highest BCUT2D eigenvalue weighted by Crippen LogP contribution is 2.33. The molecule has 0 aliphatic carbocycles. The number of aromatic nitrogens is 1. The highest BCUT2D eigenvalue weighted by molar-refractivity contribution is 7.92. The van der Waals surface area contributed by atoms with Crippen LogP contribution < -0.4 is 14.5 Å². The standard InChI is InChI=1S/C23H18F3N3O4S2/c1-28-19-11-10-16(13-20(19)34-22(28)31)27-21(30)14-29(35(32,33)18-8-3-2-4-9-18)17-7-5-6-15(12-17)23(24,25)26/h2-13H,14H2,1H3,(H,27,30). The van der Waals surface area contributed by atoms with Crippen LogP contribution in [0.2, 0.25) is 0 Å². The van der Waals surface area contributed by atoms with Crippen molar-refractivity contribution in [3.05, 3.63) is 88.0 Å². The molecule has 1 aromatic heterocycles. The van der Waals surface area contributed by atoms with Crippen LogP contribution >= 0.6 is 11.3 Å². The van der Waals surface area contributed by atoms with Gasteiger partial charge in [-0.15, -0.1) is 0 Å². The number of alkyl halides is 3. The Kier molecular flexibility index (Phi) is 6.43. The molecule has 35 heavy (non-hydrogen) atoms. The van der Waals surface area contributed by atoms with Gasteiger partial charge in [-0.25, -0.2) is 8.42 Å². The van der Waals surface area contributed by atoms with E-state index in [0.29, 0.717) is 26.3 Å². The van der Waals surface area contributed by atoms with E-state index in [4.69, 9.17) is 0 Å². The van der Waals surface area contributed by atoms with Crippen molar-refractivity contribution in [1.82, 2.24) is 4.57 Å². The van der Waals surface area contributed by atoms with Gasteiger partial charge >= 0.3 is 11.0 Å². The number of anilines is 2. The van der Waals surface area contributed by atoms with Crippen LogP contribution in [0.5, 0.6) is 0 Å². The summed E-state index contributed by atoms with van der Waals surface area (Å²) < 4.78 is 69.2. The van der Waals surface area contributed by atoms with E-state index in [1.165, 1.54) is 34.9 Å². The van der Waals surface area contributed by atoms with Crippen molar-refractivity contribution in [3.63, 3.8) is 0 Å². The van der Waals surface area contributed by atoms with Gasteiger partial charge in [-0.2, -0.15) is 13.2 Å². The predicted molar refractivity (Wildman–Crippen MR) is 128 cm³/mol. The summed E-state index contributed by atoms with van der Waals surface area (Å²) >= 11 is 0.979. The summed E-state index contributed by atoms with van der Waals surface area (Å²) in [4.78, 5) is 24.4. The maximum atomic E-state index is 13.3. The molecule has 0 saturated heterocycles. The van der Waals surface area contributed by atoms with Crippen molar-refractivity contribution in [2.75, 3.05) is 16.2 Å². The zero-order valence-corrected chi connectivity index (χ0v) is 19.7. The van der Waals surface area contributed by atoms with E-state index in [0.717, 1.165) is 23.5 Å². The molecule has 0 aliphatic heterocycles. The lowest BCUT2D eigenvalue weighted by Gasteiger charge is -2.25. The summed E-state index contributed by atoms with van der Waals surface area (Å²) in [6.07, 6.45) is -4.70. The second kappa shape index (κ2) is 9.19. The van der Waals surface area contributed by atoms with E-state index >= 15 is 0 Å². The molecule has 3 aromatic carbocycles. The summed E-state index contributed by atoms with van der Waals surface area (Å²) in [6, 6.07) is 15.6. The zero-order valence-electron chi connectivity index (χ0n) is 18.1. The molecule has 0 radical (unpaired) electrons. The number of fused-ring (bicyclic) bond motifs is 1. The number of halogens is 3. The Bertz CT molecular complexity index is 1560. The number of hydrogen-bond donors (Lipinski definition) is 1. The average molecular weight is 522 g/mol. The van der Waals surface area contributed by atoms with Crippen molar-refractivity contribution in [2.24, 2.45) is 7.05 Å². The Hall–Kier alpha value is -3.64. The van der Waals surface area contributed by atoms with Crippen LogP contribution in [-0.2, 0) is 28.0 Å². The van der Waals surface area contributed by atoms with Gasteiger partial charge in [0, 0.05) is 12.7 Å². The van der Waals surface area contributed by atoms with E-state index in [1.807, 2.05) is 0 Å². The van der Waals surface area contributed by atoms with Gasteiger partial charge in [0.15, 0.2) is 0 Å². The fourth-order valence-corrected chi connectivity index (χ4v) is 5.77. The molecular formula is C23H18F3N3O4S2. The first-order valence-corrected chi connectivity index (χ1v) is 12.4. The molecule has 0 spiro atoms. The number of nitrogens with one attached hydrogen (secondary N) is 1. The Morgan fingerprint density at radius 2 is 1.74 bits per heavy atom. The molecule has 1 N–H and O–H groups in total. The summed E-state index contributed by atoms with van der Waals surface area (Å²) in [5.41, 5.74) is -0.385. The van der Waals surface area contributed by atoms with Gasteiger partial charge in [0.25, 0.3) is 10.0 Å². The van der Waals surface area contributed by atoms with Crippen LogP contribution in [0.15, 0.2) is 82.5 Å². The molecule has 4 aromatic rings. The number of carbonyl (C=O) groups excluding carboxylic acids is 1. The summed E-state index contributed by atoms with van der Waals surface area (Å²) in [7, 11) is -2.77. The quantitative estimate of drug-likeness (QED) is 0.406. The number of amides is 1. The number of nitrogens with zero attached hydrogens (tertiary/aromatic N) is 2. The monoisotopic (exact) mass is 521 g/mol. The van der Waals surface area contributed by atoms with E-state index < -0.39 is 34.2 Å². The molecule has 0 saturated carbocycles. The van der Waals surface area contributed by atoms with Crippen molar-refractivity contribution < 1.29 is 26.4 Å². The highest BCUT2D eigenvalue weighted by atomic mass is 32.2. The van der Waals surface area contributed by atoms with Gasteiger partial charge in [-0.05, 0) is 48.5 Å². The molecule has 182 valence electrons. The molecule has 1 heterocycles. The SMILES string of the molecule is Cn1c(=O)sc2cc(NC(=O)CN(c3cccc(C(F)(F)F)c3)S(=O)(=O)c3ccccc3)ccc21. The Labute approximate surface area is 202 Å². The van der Waals surface area contributed by atoms with Gasteiger partial charge in [-0.1, -0.05) is 35.6 Å². The van der Waals surface area contributed by atoms with Crippen molar-refractivity contribution in [2.45, 2.75) is 11.1 Å². The Morgan fingerprint density at radius 1 is 1.03 bits per heavy atom. The third kappa shape index (κ3) is 5.08. The highest BCUT2D eigenvalue weighted by Gasteiger charge is 2.33. The van der Waals surface area contributed by atoms with E-state index in [1.54, 1.807) is 31.3 Å². The van der Waals surface area contributed by atoms with E-state index in [2.05, 4.69) is 5.32 Å². The fraction of sp³-hybridized carbons (Fsp3) is 0.130. The van der Waals surface area contributed by atoms with Gasteiger partial charge in [-0.3, -0.25) is 13.9 Å². The fourth-order valence-electron chi connectivity index (χ4n) is 3.41. The van der Waals surface area contributed by atoms with Crippen LogP contribution in [0.25, 0.3) is 10.2 Å². The third-order valence-corrected chi connectivity index (χ3v) is 7.94. The topological polar surface area (TPSA) is 88.5 Å². The molecule has 0 bridgehead atoms. The predicted octanol–water partition coefficient (Wildman–Crippen LogP) is 4.45. The number of rotatable bonds is 6. The lowest BCUT2D eigenvalue weighted by atomic mass is 10.2. The van der Waals surface area contributed by atoms with E-state index in [-0.39, 0.29) is 15.5 Å². The van der Waals surface area contributed by atoms with Crippen molar-refractivity contribution >= 4 is 48.9 Å². The zero-order chi connectivity index (χ0) is 25.4. The number of aryl methyl sites for hydroxylation is 1. The first-order chi connectivity index (χ1) is 16.5. The number of sulfonamides is 1. The second-order valence-electron chi connectivity index (χ2n) is 7.53. The van der Waals surface area contributed by atoms with Crippen LogP contribution in [0, 0.1) is 0 Å². The van der Waals surface area contributed by atoms with Crippen LogP contribution in [0.3, 0.4) is 0 Å². The summed E-state index contributed by atoms with van der Waals surface area (Å²) in [5, 5.41) is 2.56. The summed E-state index contributed by atoms with van der Waals surface area (Å²) in [5.74, 6) is -0.774. The lowest BCUT2D eigenvalue weighted by Crippen LogP contribution is -2.38. The minimum absolute atomic E-state index is 0.180. The molecule has 7 nitrogen and oxygen atoms in total. The minimum Gasteiger partial charge on any atom is -0.324 e.